The molecule has 3 rings (SSSR count). The summed E-state index contributed by atoms with van der Waals surface area (Å²) in [5.74, 6) is 1.28. The Kier molecular flexibility index (Phi) is 2.58. The van der Waals surface area contributed by atoms with E-state index in [1.165, 1.54) is 18.7 Å². The van der Waals surface area contributed by atoms with Crippen molar-refractivity contribution in [1.29, 1.82) is 0 Å². The van der Waals surface area contributed by atoms with Crippen LogP contribution in [0.1, 0.15) is 12.1 Å². The molecule has 1 aromatic heterocycles. The molecule has 3 heterocycles. The lowest BCUT2D eigenvalue weighted by Gasteiger charge is -2.25. The lowest BCUT2D eigenvalue weighted by molar-refractivity contribution is 0.258. The molecule has 2 unspecified atom stereocenters. The fourth-order valence-corrected chi connectivity index (χ4v) is 4.00. The van der Waals surface area contributed by atoms with E-state index in [4.69, 9.17) is 11.6 Å². The number of fused-ring (bicyclic) bond motifs is 2. The molecule has 15 heavy (non-hydrogen) atoms. The van der Waals surface area contributed by atoms with Gasteiger partial charge < -0.3 is 0 Å². The first-order valence-corrected chi connectivity index (χ1v) is 6.57. The summed E-state index contributed by atoms with van der Waals surface area (Å²) in [5.41, 5.74) is 1.03. The molecule has 3 nitrogen and oxygen atoms in total. The number of hydrogen-bond acceptors (Lipinski definition) is 4. The molecule has 1 aromatic rings. The predicted molar refractivity (Wildman–Crippen MR) is 62.1 cm³/mol. The summed E-state index contributed by atoms with van der Waals surface area (Å²) in [6.07, 6.45) is 3.08. The third-order valence-electron chi connectivity index (χ3n) is 3.06. The number of thioether (sulfide) groups is 1. The molecule has 2 atom stereocenters. The Morgan fingerprint density at radius 2 is 2.53 bits per heavy atom. The molecule has 2 saturated heterocycles. The average Bonchev–Trinajstić information content (AvgIpc) is 2.79. The smallest absolute Gasteiger partial charge is 0.222 e. The molecule has 5 heteroatoms. The molecule has 0 aliphatic carbocycles. The highest BCUT2D eigenvalue weighted by atomic mass is 35.5. The first-order valence-electron chi connectivity index (χ1n) is 5.14. The van der Waals surface area contributed by atoms with Crippen LogP contribution in [-0.2, 0) is 6.54 Å². The molecule has 0 aromatic carbocycles. The van der Waals surface area contributed by atoms with E-state index in [-0.39, 0.29) is 0 Å². The summed E-state index contributed by atoms with van der Waals surface area (Å²) in [5, 5.41) is 1.21. The highest BCUT2D eigenvalue weighted by Crippen LogP contribution is 2.37. The lowest BCUT2D eigenvalue weighted by Crippen LogP contribution is -2.33. The van der Waals surface area contributed by atoms with Crippen molar-refractivity contribution >= 4 is 23.4 Å². The van der Waals surface area contributed by atoms with Crippen LogP contribution >= 0.6 is 23.4 Å². The van der Waals surface area contributed by atoms with Gasteiger partial charge in [-0.15, -0.1) is 0 Å². The van der Waals surface area contributed by atoms with E-state index >= 15 is 0 Å². The van der Waals surface area contributed by atoms with Gasteiger partial charge >= 0.3 is 0 Å². The average molecular weight is 242 g/mol. The molecule has 2 bridgehead atoms. The van der Waals surface area contributed by atoms with Crippen LogP contribution < -0.4 is 0 Å². The van der Waals surface area contributed by atoms with Gasteiger partial charge in [0.1, 0.15) is 0 Å². The molecular weight excluding hydrogens is 230 g/mol. The Bertz CT molecular complexity index is 373. The summed E-state index contributed by atoms with van der Waals surface area (Å²) < 4.78 is 0. The minimum atomic E-state index is 0.353. The van der Waals surface area contributed by atoms with Crippen LogP contribution in [-0.4, -0.2) is 38.5 Å². The van der Waals surface area contributed by atoms with Crippen LogP contribution in [0.15, 0.2) is 12.3 Å². The number of rotatable bonds is 2. The van der Waals surface area contributed by atoms with Crippen LogP contribution in [0.25, 0.3) is 0 Å². The van der Waals surface area contributed by atoms with E-state index in [2.05, 4.69) is 26.6 Å². The van der Waals surface area contributed by atoms with E-state index in [0.717, 1.165) is 23.5 Å². The zero-order chi connectivity index (χ0) is 10.3. The SMILES string of the molecule is Clc1nccc(CN2CC3CC2CS3)n1. The molecule has 2 fully saturated rings. The van der Waals surface area contributed by atoms with Gasteiger partial charge in [-0.1, -0.05) is 0 Å². The van der Waals surface area contributed by atoms with Crippen molar-refractivity contribution in [3.8, 4) is 0 Å². The Morgan fingerprint density at radius 1 is 1.60 bits per heavy atom. The van der Waals surface area contributed by atoms with Crippen LogP contribution in [0.3, 0.4) is 0 Å². The van der Waals surface area contributed by atoms with Crippen molar-refractivity contribution in [3.05, 3.63) is 23.2 Å². The number of likely N-dealkylation sites (tertiary alicyclic amines) is 1. The van der Waals surface area contributed by atoms with E-state index in [1.54, 1.807) is 6.20 Å². The largest absolute Gasteiger partial charge is 0.293 e. The molecule has 0 saturated carbocycles. The zero-order valence-corrected chi connectivity index (χ0v) is 9.84. The second-order valence-corrected chi connectivity index (χ2v) is 5.76. The van der Waals surface area contributed by atoms with Crippen LogP contribution in [0, 0.1) is 0 Å². The molecule has 2 aliphatic heterocycles. The van der Waals surface area contributed by atoms with Gasteiger partial charge in [0.25, 0.3) is 0 Å². The molecule has 2 aliphatic rings. The zero-order valence-electron chi connectivity index (χ0n) is 8.27. The molecule has 0 amide bonds. The van der Waals surface area contributed by atoms with Crippen molar-refractivity contribution < 1.29 is 0 Å². The monoisotopic (exact) mass is 241 g/mol. The minimum Gasteiger partial charge on any atom is -0.293 e. The molecule has 0 N–H and O–H groups in total. The molecule has 0 radical (unpaired) electrons. The Labute approximate surface area is 98.2 Å². The van der Waals surface area contributed by atoms with Crippen LogP contribution in [0.2, 0.25) is 5.28 Å². The fourth-order valence-electron chi connectivity index (χ4n) is 2.34. The van der Waals surface area contributed by atoms with Crippen molar-refractivity contribution in [3.63, 3.8) is 0 Å². The standard InChI is InChI=1S/C10H12ClN3S/c11-10-12-2-1-7(13-10)4-14-5-9-3-8(14)6-15-9/h1-2,8-9H,3-6H2. The highest BCUT2D eigenvalue weighted by Gasteiger charge is 2.38. The van der Waals surface area contributed by atoms with Crippen molar-refractivity contribution in [2.24, 2.45) is 0 Å². The molecular formula is C10H12ClN3S. The first kappa shape index (κ1) is 9.87. The van der Waals surface area contributed by atoms with E-state index < -0.39 is 0 Å². The fraction of sp³-hybridized carbons (Fsp3) is 0.600. The van der Waals surface area contributed by atoms with Crippen molar-refractivity contribution in [2.75, 3.05) is 12.3 Å². The maximum atomic E-state index is 5.76. The Balaban J connectivity index is 1.71. The van der Waals surface area contributed by atoms with Gasteiger partial charge in [-0.05, 0) is 24.1 Å². The summed E-state index contributed by atoms with van der Waals surface area (Å²) >= 11 is 7.87. The second-order valence-electron chi connectivity index (χ2n) is 4.09. The van der Waals surface area contributed by atoms with Gasteiger partial charge in [0.2, 0.25) is 5.28 Å². The first-order chi connectivity index (χ1) is 7.31. The Hall–Kier alpha value is -0.320. The number of nitrogens with zero attached hydrogens (tertiary/aromatic N) is 3. The van der Waals surface area contributed by atoms with Gasteiger partial charge in [0.05, 0.1) is 5.69 Å². The second kappa shape index (κ2) is 3.92. The van der Waals surface area contributed by atoms with Crippen LogP contribution in [0.5, 0.6) is 0 Å². The van der Waals surface area contributed by atoms with Gasteiger partial charge in [0.15, 0.2) is 0 Å². The third-order valence-corrected chi connectivity index (χ3v) is 4.64. The quantitative estimate of drug-likeness (QED) is 0.739. The molecule has 0 spiro atoms. The summed E-state index contributed by atoms with van der Waals surface area (Å²) in [4.78, 5) is 10.6. The number of halogens is 1. The van der Waals surface area contributed by atoms with Gasteiger partial charge in [-0.3, -0.25) is 4.90 Å². The van der Waals surface area contributed by atoms with E-state index in [1.807, 2.05) is 6.07 Å². The normalized spacial score (nSPS) is 29.9. The maximum Gasteiger partial charge on any atom is 0.222 e. The third kappa shape index (κ3) is 1.98. The minimum absolute atomic E-state index is 0.353. The lowest BCUT2D eigenvalue weighted by atomic mass is 10.2. The van der Waals surface area contributed by atoms with E-state index in [9.17, 15) is 0 Å². The summed E-state index contributed by atoms with van der Waals surface area (Å²) in [6, 6.07) is 2.71. The number of aromatic nitrogens is 2. The predicted octanol–water partition coefficient (Wildman–Crippen LogP) is 1.82. The van der Waals surface area contributed by atoms with Crippen molar-refractivity contribution in [2.45, 2.75) is 24.3 Å². The highest BCUT2D eigenvalue weighted by molar-refractivity contribution is 8.00. The van der Waals surface area contributed by atoms with Gasteiger partial charge in [0, 0.05) is 36.3 Å². The topological polar surface area (TPSA) is 29.0 Å². The maximum absolute atomic E-state index is 5.76. The van der Waals surface area contributed by atoms with Crippen molar-refractivity contribution in [1.82, 2.24) is 14.9 Å². The van der Waals surface area contributed by atoms with Crippen LogP contribution in [0.4, 0.5) is 0 Å². The molecule has 80 valence electrons. The summed E-state index contributed by atoms with van der Waals surface area (Å²) in [7, 11) is 0. The van der Waals surface area contributed by atoms with Gasteiger partial charge in [-0.25, -0.2) is 9.97 Å². The number of hydrogen-bond donors (Lipinski definition) is 0. The summed E-state index contributed by atoms with van der Waals surface area (Å²) in [6.45, 7) is 2.13. The van der Waals surface area contributed by atoms with E-state index in [0.29, 0.717) is 5.28 Å². The Morgan fingerprint density at radius 3 is 3.20 bits per heavy atom. The van der Waals surface area contributed by atoms with Gasteiger partial charge in [-0.2, -0.15) is 11.8 Å².